The Morgan fingerprint density at radius 2 is 2.08 bits per heavy atom. The highest BCUT2D eigenvalue weighted by molar-refractivity contribution is 7.99. The van der Waals surface area contributed by atoms with Gasteiger partial charge in [-0.25, -0.2) is 9.18 Å². The van der Waals surface area contributed by atoms with Crippen molar-refractivity contribution in [2.24, 2.45) is 10.7 Å². The van der Waals surface area contributed by atoms with E-state index in [1.54, 1.807) is 35.7 Å². The lowest BCUT2D eigenvalue weighted by molar-refractivity contribution is 0.0963. The van der Waals surface area contributed by atoms with E-state index in [1.165, 1.54) is 12.1 Å². The zero-order chi connectivity index (χ0) is 18.1. The molecule has 3 N–H and O–H groups in total. The Balaban J connectivity index is 1.64. The van der Waals surface area contributed by atoms with E-state index >= 15 is 0 Å². The second-order valence-electron chi connectivity index (χ2n) is 5.67. The normalized spacial score (nSPS) is 15.9. The summed E-state index contributed by atoms with van der Waals surface area (Å²) in [5, 5.41) is 3.21. The summed E-state index contributed by atoms with van der Waals surface area (Å²) in [5.41, 5.74) is 5.92. The molecule has 1 aliphatic heterocycles. The molecule has 6 nitrogen and oxygen atoms in total. The number of piperidine rings is 1. The Bertz CT molecular complexity index is 575. The third kappa shape index (κ3) is 6.81. The van der Waals surface area contributed by atoms with Crippen LogP contribution in [0.1, 0.15) is 19.8 Å². The Hall–Kier alpha value is -1.96. The molecule has 0 atom stereocenters. The number of thioether (sulfide) groups is 1. The average molecular weight is 368 g/mol. The number of nitrogens with zero attached hydrogens (tertiary/aromatic N) is 2. The van der Waals surface area contributed by atoms with Crippen LogP contribution in [0.4, 0.5) is 9.18 Å². The van der Waals surface area contributed by atoms with Crippen LogP contribution in [-0.2, 0) is 4.74 Å². The number of rotatable bonds is 6. The molecular formula is C17H25FN4O2S. The monoisotopic (exact) mass is 368 g/mol. The fourth-order valence-electron chi connectivity index (χ4n) is 2.54. The smallest absolute Gasteiger partial charge is 0.409 e. The summed E-state index contributed by atoms with van der Waals surface area (Å²) in [7, 11) is 0. The van der Waals surface area contributed by atoms with Gasteiger partial charge >= 0.3 is 6.09 Å². The van der Waals surface area contributed by atoms with Crippen LogP contribution in [0.25, 0.3) is 0 Å². The summed E-state index contributed by atoms with van der Waals surface area (Å²) in [5.74, 6) is 0.967. The molecule has 1 aliphatic rings. The quantitative estimate of drug-likeness (QED) is 0.349. The number of nitrogens with one attached hydrogen (secondary N) is 1. The zero-order valence-electron chi connectivity index (χ0n) is 14.4. The van der Waals surface area contributed by atoms with E-state index in [1.807, 2.05) is 0 Å². The molecular weight excluding hydrogens is 343 g/mol. The number of nitrogens with two attached hydrogens (primary N) is 1. The van der Waals surface area contributed by atoms with Crippen molar-refractivity contribution in [2.75, 3.05) is 32.0 Å². The van der Waals surface area contributed by atoms with Gasteiger partial charge in [-0.2, -0.15) is 0 Å². The van der Waals surface area contributed by atoms with Crippen molar-refractivity contribution in [1.29, 1.82) is 0 Å². The summed E-state index contributed by atoms with van der Waals surface area (Å²) < 4.78 is 17.8. The number of carbonyl (C=O) groups excluding carboxylic acids is 1. The lowest BCUT2D eigenvalue weighted by Gasteiger charge is -2.31. The molecule has 138 valence electrons. The minimum atomic E-state index is -0.250. The molecule has 0 spiro atoms. The molecule has 0 aromatic heterocycles. The molecule has 1 saturated heterocycles. The molecule has 0 radical (unpaired) electrons. The fourth-order valence-corrected chi connectivity index (χ4v) is 3.28. The molecule has 0 bridgehead atoms. The summed E-state index contributed by atoms with van der Waals surface area (Å²) in [4.78, 5) is 18.7. The second-order valence-corrected chi connectivity index (χ2v) is 6.84. The van der Waals surface area contributed by atoms with E-state index in [-0.39, 0.29) is 18.0 Å². The Labute approximate surface area is 152 Å². The molecule has 8 heteroatoms. The van der Waals surface area contributed by atoms with E-state index in [0.29, 0.717) is 32.2 Å². The molecule has 1 aromatic rings. The number of ether oxygens (including phenoxy) is 1. The van der Waals surface area contributed by atoms with E-state index in [2.05, 4.69) is 10.3 Å². The summed E-state index contributed by atoms with van der Waals surface area (Å²) in [6.45, 7) is 4.10. The number of likely N-dealkylation sites (tertiary alicyclic amines) is 1. The molecule has 1 amide bonds. The van der Waals surface area contributed by atoms with Gasteiger partial charge in [-0.1, -0.05) is 0 Å². The first kappa shape index (κ1) is 19.4. The van der Waals surface area contributed by atoms with Gasteiger partial charge in [0, 0.05) is 29.8 Å². The number of aliphatic imine (C=N–C) groups is 1. The van der Waals surface area contributed by atoms with Crippen LogP contribution in [0.2, 0.25) is 0 Å². The number of halogens is 1. The number of guanidine groups is 1. The third-order valence-corrected chi connectivity index (χ3v) is 4.82. The number of benzene rings is 1. The SMILES string of the molecule is CCOC(=O)N1CCC(NC(N)=NCCSc2ccc(F)cc2)CC1. The van der Waals surface area contributed by atoms with Crippen LogP contribution in [-0.4, -0.2) is 55.0 Å². The van der Waals surface area contributed by atoms with E-state index in [4.69, 9.17) is 10.5 Å². The van der Waals surface area contributed by atoms with Crippen molar-refractivity contribution in [3.05, 3.63) is 30.1 Å². The van der Waals surface area contributed by atoms with Crippen molar-refractivity contribution in [3.8, 4) is 0 Å². The number of carbonyl (C=O) groups is 1. The molecule has 1 heterocycles. The van der Waals surface area contributed by atoms with Crippen LogP contribution >= 0.6 is 11.8 Å². The predicted octanol–water partition coefficient (Wildman–Crippen LogP) is 2.44. The molecule has 2 rings (SSSR count). The van der Waals surface area contributed by atoms with E-state index < -0.39 is 0 Å². The van der Waals surface area contributed by atoms with E-state index in [9.17, 15) is 9.18 Å². The first-order valence-corrected chi connectivity index (χ1v) is 9.43. The molecule has 1 fully saturated rings. The molecule has 1 aromatic carbocycles. The maximum absolute atomic E-state index is 12.8. The maximum Gasteiger partial charge on any atom is 0.409 e. The van der Waals surface area contributed by atoms with Crippen LogP contribution in [0, 0.1) is 5.82 Å². The maximum atomic E-state index is 12.8. The van der Waals surface area contributed by atoms with Crippen LogP contribution in [0.5, 0.6) is 0 Å². The standard InChI is InChI=1S/C17H25FN4O2S/c1-2-24-17(23)22-10-7-14(8-11-22)21-16(19)20-9-12-25-15-5-3-13(18)4-6-15/h3-6,14H,2,7-12H2,1H3,(H3,19,20,21). The average Bonchev–Trinajstić information content (AvgIpc) is 2.61. The van der Waals surface area contributed by atoms with Gasteiger partial charge in [-0.15, -0.1) is 11.8 Å². The van der Waals surface area contributed by atoms with Gasteiger partial charge in [0.25, 0.3) is 0 Å². The number of amides is 1. The summed E-state index contributed by atoms with van der Waals surface area (Å²) in [6, 6.07) is 6.62. The van der Waals surface area contributed by atoms with Gasteiger partial charge in [0.15, 0.2) is 5.96 Å². The lowest BCUT2D eigenvalue weighted by Crippen LogP contribution is -2.48. The van der Waals surface area contributed by atoms with Gasteiger partial charge in [0.1, 0.15) is 5.82 Å². The molecule has 0 unspecified atom stereocenters. The highest BCUT2D eigenvalue weighted by Crippen LogP contribution is 2.17. The fraction of sp³-hybridized carbons (Fsp3) is 0.529. The molecule has 0 aliphatic carbocycles. The van der Waals surface area contributed by atoms with Crippen molar-refractivity contribution in [3.63, 3.8) is 0 Å². The number of hydrogen-bond acceptors (Lipinski definition) is 4. The minimum absolute atomic E-state index is 0.221. The zero-order valence-corrected chi connectivity index (χ0v) is 15.2. The Morgan fingerprint density at radius 1 is 1.40 bits per heavy atom. The summed E-state index contributed by atoms with van der Waals surface area (Å²) in [6.07, 6.45) is 1.39. The van der Waals surface area contributed by atoms with E-state index in [0.717, 1.165) is 23.5 Å². The first-order chi connectivity index (χ1) is 12.1. The largest absolute Gasteiger partial charge is 0.450 e. The highest BCUT2D eigenvalue weighted by atomic mass is 32.2. The van der Waals surface area contributed by atoms with Crippen LogP contribution in [0.15, 0.2) is 34.2 Å². The lowest BCUT2D eigenvalue weighted by atomic mass is 10.1. The third-order valence-electron chi connectivity index (χ3n) is 3.83. The van der Waals surface area contributed by atoms with Gasteiger partial charge in [-0.3, -0.25) is 4.99 Å². The first-order valence-electron chi connectivity index (χ1n) is 8.45. The van der Waals surface area contributed by atoms with Crippen molar-refractivity contribution >= 4 is 23.8 Å². The highest BCUT2D eigenvalue weighted by Gasteiger charge is 2.23. The van der Waals surface area contributed by atoms with Gasteiger partial charge in [-0.05, 0) is 44.0 Å². The van der Waals surface area contributed by atoms with Crippen LogP contribution in [0.3, 0.4) is 0 Å². The van der Waals surface area contributed by atoms with Gasteiger partial charge < -0.3 is 20.7 Å². The van der Waals surface area contributed by atoms with Crippen LogP contribution < -0.4 is 11.1 Å². The van der Waals surface area contributed by atoms with Gasteiger partial charge in [0.05, 0.1) is 13.2 Å². The molecule has 0 saturated carbocycles. The van der Waals surface area contributed by atoms with Gasteiger partial charge in [0.2, 0.25) is 0 Å². The summed E-state index contributed by atoms with van der Waals surface area (Å²) >= 11 is 1.61. The predicted molar refractivity (Wildman–Crippen MR) is 98.4 cm³/mol. The van der Waals surface area contributed by atoms with Crippen molar-refractivity contribution < 1.29 is 13.9 Å². The Kier molecular flexibility index (Phi) is 7.84. The van der Waals surface area contributed by atoms with Crippen molar-refractivity contribution in [2.45, 2.75) is 30.7 Å². The number of hydrogen-bond donors (Lipinski definition) is 2. The van der Waals surface area contributed by atoms with Crippen molar-refractivity contribution in [1.82, 2.24) is 10.2 Å². The minimum Gasteiger partial charge on any atom is -0.450 e. The molecule has 25 heavy (non-hydrogen) atoms. The topological polar surface area (TPSA) is 80.0 Å². The Morgan fingerprint density at radius 3 is 2.72 bits per heavy atom. The second kappa shape index (κ2) is 10.1.